The number of carbonyl (C=O) groups excluding carboxylic acids is 2. The largest absolute Gasteiger partial charge is 0.465 e. The van der Waals surface area contributed by atoms with E-state index in [0.29, 0.717) is 19.4 Å². The SMILES string of the molecule is CCOC(=O)[C@H]1CCCCCCCCCCCC1=O. The van der Waals surface area contributed by atoms with Crippen LogP contribution in [0.3, 0.4) is 0 Å². The molecule has 1 rings (SSSR count). The Morgan fingerprint density at radius 2 is 1.53 bits per heavy atom. The maximum atomic E-state index is 12.1. The van der Waals surface area contributed by atoms with E-state index in [0.717, 1.165) is 25.7 Å². The molecule has 0 aliphatic heterocycles. The van der Waals surface area contributed by atoms with Gasteiger partial charge in [-0.3, -0.25) is 9.59 Å². The quantitative estimate of drug-likeness (QED) is 0.561. The highest BCUT2D eigenvalue weighted by molar-refractivity contribution is 5.98. The number of ketones is 1. The second kappa shape index (κ2) is 9.99. The summed E-state index contributed by atoms with van der Waals surface area (Å²) in [6.07, 6.45) is 11.7. The Hall–Kier alpha value is -0.860. The molecular weight excluding hydrogens is 240 g/mol. The zero-order chi connectivity index (χ0) is 13.9. The average molecular weight is 268 g/mol. The summed E-state index contributed by atoms with van der Waals surface area (Å²) in [5.74, 6) is -0.708. The lowest BCUT2D eigenvalue weighted by Crippen LogP contribution is -2.26. The summed E-state index contributed by atoms with van der Waals surface area (Å²) < 4.78 is 5.04. The topological polar surface area (TPSA) is 43.4 Å². The van der Waals surface area contributed by atoms with E-state index in [4.69, 9.17) is 4.74 Å². The first kappa shape index (κ1) is 16.2. The second-order valence-electron chi connectivity index (χ2n) is 5.49. The summed E-state index contributed by atoms with van der Waals surface area (Å²) in [5.41, 5.74) is 0. The van der Waals surface area contributed by atoms with Gasteiger partial charge < -0.3 is 4.74 Å². The number of ether oxygens (including phenoxy) is 1. The number of hydrogen-bond donors (Lipinski definition) is 0. The highest BCUT2D eigenvalue weighted by Crippen LogP contribution is 2.19. The van der Waals surface area contributed by atoms with Crippen LogP contribution in [0.15, 0.2) is 0 Å². The van der Waals surface area contributed by atoms with Gasteiger partial charge in [0.15, 0.2) is 0 Å². The predicted octanol–water partition coefficient (Wildman–Crippen LogP) is 4.04. The minimum atomic E-state index is -0.499. The van der Waals surface area contributed by atoms with Crippen LogP contribution < -0.4 is 0 Å². The van der Waals surface area contributed by atoms with E-state index in [9.17, 15) is 9.59 Å². The van der Waals surface area contributed by atoms with Gasteiger partial charge in [0.1, 0.15) is 11.7 Å². The van der Waals surface area contributed by atoms with Crippen LogP contribution in [0.5, 0.6) is 0 Å². The standard InChI is InChI=1S/C16H28O3/c1-2-19-16(18)14-12-10-8-6-4-3-5-7-9-11-13-15(14)17/h14H,2-13H2,1H3/t14-/m0/s1. The van der Waals surface area contributed by atoms with Crippen LogP contribution in [-0.2, 0) is 14.3 Å². The summed E-state index contributed by atoms with van der Waals surface area (Å²) in [6.45, 7) is 2.16. The smallest absolute Gasteiger partial charge is 0.316 e. The summed E-state index contributed by atoms with van der Waals surface area (Å²) in [4.78, 5) is 24.0. The molecule has 0 unspecified atom stereocenters. The summed E-state index contributed by atoms with van der Waals surface area (Å²) in [5, 5.41) is 0. The third-order valence-electron chi connectivity index (χ3n) is 3.88. The molecule has 19 heavy (non-hydrogen) atoms. The molecule has 0 aromatic rings. The molecule has 1 atom stereocenters. The molecule has 1 aliphatic rings. The van der Waals surface area contributed by atoms with Gasteiger partial charge in [-0.05, 0) is 19.8 Å². The van der Waals surface area contributed by atoms with Crippen molar-refractivity contribution in [3.05, 3.63) is 0 Å². The number of Topliss-reactive ketones (excluding diaryl/α,β-unsaturated/α-hetero) is 1. The monoisotopic (exact) mass is 268 g/mol. The maximum absolute atomic E-state index is 12.1. The molecule has 0 spiro atoms. The van der Waals surface area contributed by atoms with Gasteiger partial charge in [-0.1, -0.05) is 51.4 Å². The van der Waals surface area contributed by atoms with Gasteiger partial charge in [0, 0.05) is 6.42 Å². The van der Waals surface area contributed by atoms with Crippen molar-refractivity contribution in [1.29, 1.82) is 0 Å². The van der Waals surface area contributed by atoms with Gasteiger partial charge in [0.25, 0.3) is 0 Å². The normalized spacial score (nSPS) is 23.8. The summed E-state index contributed by atoms with van der Waals surface area (Å²) in [6, 6.07) is 0. The van der Waals surface area contributed by atoms with Crippen LogP contribution in [0.2, 0.25) is 0 Å². The first-order valence-corrected chi connectivity index (χ1v) is 7.95. The molecule has 110 valence electrons. The molecule has 0 aromatic heterocycles. The molecule has 0 saturated heterocycles. The lowest BCUT2D eigenvalue weighted by molar-refractivity contribution is -0.152. The van der Waals surface area contributed by atoms with Crippen LogP contribution in [0.25, 0.3) is 0 Å². The van der Waals surface area contributed by atoms with E-state index in [1.807, 2.05) is 0 Å². The molecule has 0 bridgehead atoms. The molecule has 0 radical (unpaired) electrons. The Morgan fingerprint density at radius 3 is 2.11 bits per heavy atom. The lowest BCUT2D eigenvalue weighted by Gasteiger charge is -2.14. The molecule has 0 N–H and O–H groups in total. The summed E-state index contributed by atoms with van der Waals surface area (Å²) >= 11 is 0. The van der Waals surface area contributed by atoms with Crippen molar-refractivity contribution >= 4 is 11.8 Å². The molecule has 0 aromatic carbocycles. The van der Waals surface area contributed by atoms with Gasteiger partial charge in [-0.25, -0.2) is 0 Å². The zero-order valence-electron chi connectivity index (χ0n) is 12.3. The summed E-state index contributed by atoms with van der Waals surface area (Å²) in [7, 11) is 0. The van der Waals surface area contributed by atoms with E-state index in [1.165, 1.54) is 32.1 Å². The zero-order valence-corrected chi connectivity index (χ0v) is 12.3. The minimum Gasteiger partial charge on any atom is -0.465 e. The van der Waals surface area contributed by atoms with Crippen molar-refractivity contribution in [1.82, 2.24) is 0 Å². The van der Waals surface area contributed by atoms with Gasteiger partial charge in [0.05, 0.1) is 6.61 Å². The van der Waals surface area contributed by atoms with E-state index in [1.54, 1.807) is 6.92 Å². The van der Waals surface area contributed by atoms with Crippen LogP contribution >= 0.6 is 0 Å². The molecule has 1 fully saturated rings. The van der Waals surface area contributed by atoms with Gasteiger partial charge in [0.2, 0.25) is 0 Å². The Bertz CT molecular complexity index is 273. The van der Waals surface area contributed by atoms with Crippen LogP contribution in [0.1, 0.15) is 77.6 Å². The van der Waals surface area contributed by atoms with Gasteiger partial charge in [-0.15, -0.1) is 0 Å². The molecule has 3 heteroatoms. The molecule has 0 amide bonds. The van der Waals surface area contributed by atoms with Crippen molar-refractivity contribution in [2.45, 2.75) is 77.6 Å². The number of carbonyl (C=O) groups is 2. The fraction of sp³-hybridized carbons (Fsp3) is 0.875. The average Bonchev–Trinajstić information content (AvgIpc) is 2.41. The van der Waals surface area contributed by atoms with Crippen molar-refractivity contribution in [2.24, 2.45) is 5.92 Å². The number of rotatable bonds is 2. The third-order valence-corrected chi connectivity index (χ3v) is 3.88. The van der Waals surface area contributed by atoms with Crippen LogP contribution in [0.4, 0.5) is 0 Å². The van der Waals surface area contributed by atoms with E-state index in [2.05, 4.69) is 0 Å². The second-order valence-corrected chi connectivity index (χ2v) is 5.49. The minimum absolute atomic E-state index is 0.0951. The molecule has 1 aliphatic carbocycles. The number of hydrogen-bond acceptors (Lipinski definition) is 3. The van der Waals surface area contributed by atoms with Gasteiger partial charge >= 0.3 is 5.97 Å². The molecule has 1 saturated carbocycles. The Labute approximate surface area is 117 Å². The molecular formula is C16H28O3. The fourth-order valence-corrected chi connectivity index (χ4v) is 2.71. The van der Waals surface area contributed by atoms with E-state index < -0.39 is 5.92 Å². The maximum Gasteiger partial charge on any atom is 0.316 e. The predicted molar refractivity (Wildman–Crippen MR) is 75.9 cm³/mol. The molecule has 3 nitrogen and oxygen atoms in total. The first-order valence-electron chi connectivity index (χ1n) is 7.95. The Kier molecular flexibility index (Phi) is 8.52. The first-order chi connectivity index (χ1) is 9.25. The highest BCUT2D eigenvalue weighted by Gasteiger charge is 2.26. The van der Waals surface area contributed by atoms with Crippen molar-refractivity contribution in [3.8, 4) is 0 Å². The highest BCUT2D eigenvalue weighted by atomic mass is 16.5. The van der Waals surface area contributed by atoms with Crippen molar-refractivity contribution in [2.75, 3.05) is 6.61 Å². The Morgan fingerprint density at radius 1 is 1.00 bits per heavy atom. The van der Waals surface area contributed by atoms with Crippen molar-refractivity contribution in [3.63, 3.8) is 0 Å². The van der Waals surface area contributed by atoms with Crippen LogP contribution in [0, 0.1) is 5.92 Å². The number of esters is 1. The van der Waals surface area contributed by atoms with E-state index in [-0.39, 0.29) is 11.8 Å². The van der Waals surface area contributed by atoms with E-state index >= 15 is 0 Å². The third kappa shape index (κ3) is 6.74. The van der Waals surface area contributed by atoms with Crippen LogP contribution in [-0.4, -0.2) is 18.4 Å². The Balaban J connectivity index is 2.52. The van der Waals surface area contributed by atoms with Crippen molar-refractivity contribution < 1.29 is 14.3 Å². The fourth-order valence-electron chi connectivity index (χ4n) is 2.71. The van der Waals surface area contributed by atoms with Gasteiger partial charge in [-0.2, -0.15) is 0 Å². The lowest BCUT2D eigenvalue weighted by atomic mass is 9.93. The molecule has 0 heterocycles.